The number of anilines is 2. The van der Waals surface area contributed by atoms with Crippen molar-refractivity contribution in [2.75, 3.05) is 23.8 Å². The highest BCUT2D eigenvalue weighted by Crippen LogP contribution is 2.34. The van der Waals surface area contributed by atoms with E-state index in [2.05, 4.69) is 15.7 Å². The van der Waals surface area contributed by atoms with E-state index in [-0.39, 0.29) is 23.9 Å². The molecule has 2 heterocycles. The smallest absolute Gasteiger partial charge is 0.348 e. The Bertz CT molecular complexity index is 1200. The number of hydrogen-bond donors (Lipinski definition) is 2. The number of rotatable bonds is 8. The predicted octanol–water partition coefficient (Wildman–Crippen LogP) is 5.08. The van der Waals surface area contributed by atoms with E-state index in [1.54, 1.807) is 20.8 Å². The maximum atomic E-state index is 12.6. The van der Waals surface area contributed by atoms with Crippen LogP contribution >= 0.6 is 23.6 Å². The van der Waals surface area contributed by atoms with Crippen LogP contribution < -0.4 is 10.6 Å². The predicted molar refractivity (Wildman–Crippen MR) is 138 cm³/mol. The molecule has 10 heteroatoms. The SMILES string of the molecule is CCOC(=O)c1sc(NC(=S)Nc2ccc(Cn3nc(C)cc3C)cc2)c(C(=O)OCC)c1C. The monoisotopic (exact) mass is 500 g/mol. The zero-order chi connectivity index (χ0) is 24.8. The number of thiocarbonyl (C=S) groups is 1. The van der Waals surface area contributed by atoms with Crippen molar-refractivity contribution in [3.05, 3.63) is 63.3 Å². The minimum absolute atomic E-state index is 0.217. The Kier molecular flexibility index (Phi) is 8.41. The summed E-state index contributed by atoms with van der Waals surface area (Å²) >= 11 is 6.57. The maximum Gasteiger partial charge on any atom is 0.348 e. The zero-order valence-electron chi connectivity index (χ0n) is 19.9. The van der Waals surface area contributed by atoms with Crippen molar-refractivity contribution in [1.82, 2.24) is 9.78 Å². The average molecular weight is 501 g/mol. The van der Waals surface area contributed by atoms with E-state index in [4.69, 9.17) is 21.7 Å². The molecule has 0 saturated heterocycles. The Hall–Kier alpha value is -3.24. The maximum absolute atomic E-state index is 12.6. The van der Waals surface area contributed by atoms with Crippen molar-refractivity contribution in [3.8, 4) is 0 Å². The Labute approximate surface area is 208 Å². The molecular weight excluding hydrogens is 472 g/mol. The molecule has 3 aromatic rings. The number of aromatic nitrogens is 2. The lowest BCUT2D eigenvalue weighted by Gasteiger charge is -2.12. The number of benzene rings is 1. The summed E-state index contributed by atoms with van der Waals surface area (Å²) in [6.07, 6.45) is 0. The third-order valence-corrected chi connectivity index (χ3v) is 6.35. The summed E-state index contributed by atoms with van der Waals surface area (Å²) < 4.78 is 12.3. The second-order valence-electron chi connectivity index (χ2n) is 7.56. The van der Waals surface area contributed by atoms with Gasteiger partial charge in [0.1, 0.15) is 9.88 Å². The van der Waals surface area contributed by atoms with Gasteiger partial charge in [-0.1, -0.05) is 12.1 Å². The molecule has 8 nitrogen and oxygen atoms in total. The van der Waals surface area contributed by atoms with Gasteiger partial charge in [-0.2, -0.15) is 5.10 Å². The van der Waals surface area contributed by atoms with Crippen LogP contribution in [0.15, 0.2) is 30.3 Å². The quantitative estimate of drug-likeness (QED) is 0.327. The highest BCUT2D eigenvalue weighted by molar-refractivity contribution is 7.80. The van der Waals surface area contributed by atoms with Crippen LogP contribution in [0.25, 0.3) is 0 Å². The van der Waals surface area contributed by atoms with Gasteiger partial charge >= 0.3 is 11.9 Å². The second-order valence-corrected chi connectivity index (χ2v) is 8.99. The van der Waals surface area contributed by atoms with Gasteiger partial charge in [0.2, 0.25) is 0 Å². The van der Waals surface area contributed by atoms with E-state index in [0.717, 1.165) is 34.0 Å². The summed E-state index contributed by atoms with van der Waals surface area (Å²) in [6, 6.07) is 9.89. The highest BCUT2D eigenvalue weighted by Gasteiger charge is 2.26. The number of thiophene rings is 1. The fourth-order valence-corrected chi connectivity index (χ4v) is 4.79. The van der Waals surface area contributed by atoms with Crippen molar-refractivity contribution >= 4 is 51.3 Å². The molecule has 1 aromatic carbocycles. The third-order valence-electron chi connectivity index (χ3n) is 4.96. The van der Waals surface area contributed by atoms with Crippen LogP contribution in [0.3, 0.4) is 0 Å². The van der Waals surface area contributed by atoms with E-state index in [1.807, 2.05) is 48.9 Å². The van der Waals surface area contributed by atoms with E-state index in [0.29, 0.717) is 22.0 Å². The molecular formula is C24H28N4O4S2. The lowest BCUT2D eigenvalue weighted by Crippen LogP contribution is -2.20. The first-order valence-corrected chi connectivity index (χ1v) is 12.1. The highest BCUT2D eigenvalue weighted by atomic mass is 32.1. The molecule has 180 valence electrons. The van der Waals surface area contributed by atoms with Crippen LogP contribution in [0.4, 0.5) is 10.7 Å². The normalized spacial score (nSPS) is 10.6. The van der Waals surface area contributed by atoms with Gasteiger partial charge in [0.05, 0.1) is 31.0 Å². The third kappa shape index (κ3) is 6.00. The molecule has 2 aromatic heterocycles. The van der Waals surface area contributed by atoms with Gasteiger partial charge < -0.3 is 20.1 Å². The number of esters is 2. The van der Waals surface area contributed by atoms with Gasteiger partial charge in [0.15, 0.2) is 5.11 Å². The second kappa shape index (κ2) is 11.3. The van der Waals surface area contributed by atoms with Gasteiger partial charge in [-0.05, 0) is 76.2 Å². The first-order chi connectivity index (χ1) is 16.2. The van der Waals surface area contributed by atoms with Crippen molar-refractivity contribution in [2.24, 2.45) is 0 Å². The van der Waals surface area contributed by atoms with Crippen molar-refractivity contribution < 1.29 is 19.1 Å². The van der Waals surface area contributed by atoms with E-state index >= 15 is 0 Å². The van der Waals surface area contributed by atoms with Gasteiger partial charge in [0, 0.05) is 11.4 Å². The van der Waals surface area contributed by atoms with Crippen LogP contribution in [-0.2, 0) is 16.0 Å². The number of carbonyl (C=O) groups is 2. The molecule has 3 rings (SSSR count). The largest absolute Gasteiger partial charge is 0.462 e. The lowest BCUT2D eigenvalue weighted by molar-refractivity contribution is 0.0527. The molecule has 0 atom stereocenters. The molecule has 0 amide bonds. The summed E-state index contributed by atoms with van der Waals surface area (Å²) in [5, 5.41) is 11.4. The van der Waals surface area contributed by atoms with Crippen LogP contribution in [0.2, 0.25) is 0 Å². The van der Waals surface area contributed by atoms with Gasteiger partial charge in [-0.15, -0.1) is 11.3 Å². The Morgan fingerprint density at radius 3 is 2.26 bits per heavy atom. The summed E-state index contributed by atoms with van der Waals surface area (Å²) in [6.45, 7) is 10.3. The Balaban J connectivity index is 1.73. The number of nitrogens with zero attached hydrogens (tertiary/aromatic N) is 2. The van der Waals surface area contributed by atoms with Crippen LogP contribution in [0.1, 0.15) is 56.4 Å². The lowest BCUT2D eigenvalue weighted by atomic mass is 10.1. The van der Waals surface area contributed by atoms with Crippen LogP contribution in [0.5, 0.6) is 0 Å². The molecule has 0 radical (unpaired) electrons. The van der Waals surface area contributed by atoms with Crippen molar-refractivity contribution in [3.63, 3.8) is 0 Å². The zero-order valence-corrected chi connectivity index (χ0v) is 21.5. The molecule has 0 aliphatic rings. The molecule has 34 heavy (non-hydrogen) atoms. The average Bonchev–Trinajstić information content (AvgIpc) is 3.27. The minimum Gasteiger partial charge on any atom is -0.462 e. The molecule has 0 unspecified atom stereocenters. The number of ether oxygens (including phenoxy) is 2. The summed E-state index contributed by atoms with van der Waals surface area (Å²) in [4.78, 5) is 25.2. The standard InChI is InChI=1S/C24H28N4O4S2/c1-6-31-22(29)19-16(5)20(23(30)32-7-2)34-21(19)26-24(33)25-18-10-8-17(9-11-18)13-28-15(4)12-14(3)27-28/h8-12H,6-7,13H2,1-5H3,(H2,25,26,33). The number of carbonyl (C=O) groups excluding carboxylic acids is 2. The van der Waals surface area contributed by atoms with Crippen LogP contribution in [-0.4, -0.2) is 40.0 Å². The molecule has 0 bridgehead atoms. The minimum atomic E-state index is -0.523. The molecule has 0 spiro atoms. The Morgan fingerprint density at radius 2 is 1.68 bits per heavy atom. The van der Waals surface area contributed by atoms with Crippen molar-refractivity contribution in [2.45, 2.75) is 41.2 Å². The Morgan fingerprint density at radius 1 is 1.03 bits per heavy atom. The molecule has 0 saturated carbocycles. The molecule has 0 aliphatic heterocycles. The van der Waals surface area contributed by atoms with Gasteiger partial charge in [-0.3, -0.25) is 4.68 Å². The first-order valence-electron chi connectivity index (χ1n) is 10.9. The fourth-order valence-electron chi connectivity index (χ4n) is 3.41. The van der Waals surface area contributed by atoms with E-state index < -0.39 is 11.9 Å². The summed E-state index contributed by atoms with van der Waals surface area (Å²) in [7, 11) is 0. The van der Waals surface area contributed by atoms with Crippen molar-refractivity contribution in [1.29, 1.82) is 0 Å². The number of hydrogen-bond acceptors (Lipinski definition) is 7. The molecule has 0 aliphatic carbocycles. The van der Waals surface area contributed by atoms with Crippen LogP contribution in [0, 0.1) is 20.8 Å². The van der Waals surface area contributed by atoms with E-state index in [9.17, 15) is 9.59 Å². The van der Waals surface area contributed by atoms with Gasteiger partial charge in [0.25, 0.3) is 0 Å². The summed E-state index contributed by atoms with van der Waals surface area (Å²) in [5.41, 5.74) is 4.76. The van der Waals surface area contributed by atoms with E-state index in [1.165, 1.54) is 0 Å². The topological polar surface area (TPSA) is 94.5 Å². The number of nitrogens with one attached hydrogen (secondary N) is 2. The summed E-state index contributed by atoms with van der Waals surface area (Å²) in [5.74, 6) is -1.01. The fraction of sp³-hybridized carbons (Fsp3) is 0.333. The molecule has 2 N–H and O–H groups in total. The first kappa shape index (κ1) is 25.4. The molecule has 0 fully saturated rings. The van der Waals surface area contributed by atoms with Gasteiger partial charge in [-0.25, -0.2) is 9.59 Å². The number of aryl methyl sites for hydroxylation is 2.